The summed E-state index contributed by atoms with van der Waals surface area (Å²) >= 11 is 6.32. The summed E-state index contributed by atoms with van der Waals surface area (Å²) in [6, 6.07) is 13.6. The number of hydrogen-bond acceptors (Lipinski definition) is 7. The van der Waals surface area contributed by atoms with E-state index in [0.29, 0.717) is 35.3 Å². The molecule has 1 atom stereocenters. The maximum absolute atomic E-state index is 13.0. The molecule has 10 nitrogen and oxygen atoms in total. The number of nitrogens with one attached hydrogen (secondary N) is 3. The lowest BCUT2D eigenvalue weighted by molar-refractivity contribution is -0.119. The predicted molar refractivity (Wildman–Crippen MR) is 135 cm³/mol. The lowest BCUT2D eigenvalue weighted by atomic mass is 10.0. The average Bonchev–Trinajstić information content (AvgIpc) is 3.32. The van der Waals surface area contributed by atoms with E-state index in [1.807, 2.05) is 42.5 Å². The van der Waals surface area contributed by atoms with Gasteiger partial charge in [-0.25, -0.2) is 10.1 Å². The van der Waals surface area contributed by atoms with E-state index >= 15 is 0 Å². The van der Waals surface area contributed by atoms with Crippen LogP contribution in [0.1, 0.15) is 17.5 Å². The highest BCUT2D eigenvalue weighted by molar-refractivity contribution is 7.86. The zero-order valence-electron chi connectivity index (χ0n) is 18.7. The van der Waals surface area contributed by atoms with Crippen molar-refractivity contribution in [2.75, 3.05) is 29.0 Å². The number of hydrogen-bond donors (Lipinski definition) is 4. The first-order valence-electron chi connectivity index (χ1n) is 11.1. The summed E-state index contributed by atoms with van der Waals surface area (Å²) in [6.07, 6.45) is 3.36. The summed E-state index contributed by atoms with van der Waals surface area (Å²) in [4.78, 5) is 21.7. The van der Waals surface area contributed by atoms with Crippen molar-refractivity contribution in [2.45, 2.75) is 19.3 Å². The molecule has 3 heterocycles. The standard InChI is InChI=1S/C23H24ClN7O3S/c24-19-12-26-23-28-17-3-1-2-14(10-17)4-5-15-11-18(27-21(19)30-23)6-7-20(15)29-22(32)16-8-9-31(13-16)35(25,33)34/h1-3,6-7,10-12,16H,4-5,8-9,13H2,(H,29,32)(H2,25,33,34)(H2,26,27,28,30)/t16-/m1/s1. The number of nitrogens with two attached hydrogens (primary N) is 1. The van der Waals surface area contributed by atoms with Gasteiger partial charge >= 0.3 is 0 Å². The summed E-state index contributed by atoms with van der Waals surface area (Å²) in [7, 11) is -3.81. The van der Waals surface area contributed by atoms with Crippen LogP contribution >= 0.6 is 11.6 Å². The van der Waals surface area contributed by atoms with Crippen molar-refractivity contribution in [1.82, 2.24) is 14.3 Å². The molecule has 5 rings (SSSR count). The van der Waals surface area contributed by atoms with E-state index in [9.17, 15) is 13.2 Å². The number of amides is 1. The van der Waals surface area contributed by atoms with Crippen molar-refractivity contribution in [1.29, 1.82) is 0 Å². The van der Waals surface area contributed by atoms with Gasteiger partial charge in [0.25, 0.3) is 10.2 Å². The zero-order chi connectivity index (χ0) is 24.6. The van der Waals surface area contributed by atoms with Crippen molar-refractivity contribution < 1.29 is 13.2 Å². The molecule has 12 heteroatoms. The molecule has 0 unspecified atom stereocenters. The maximum atomic E-state index is 13.0. The summed E-state index contributed by atoms with van der Waals surface area (Å²) in [5, 5.41) is 15.0. The molecule has 0 aliphatic carbocycles. The molecule has 2 aliphatic rings. The number of anilines is 5. The predicted octanol–water partition coefficient (Wildman–Crippen LogP) is 3.18. The Kier molecular flexibility index (Phi) is 6.32. The van der Waals surface area contributed by atoms with Gasteiger partial charge in [-0.3, -0.25) is 4.79 Å². The van der Waals surface area contributed by atoms with Gasteiger partial charge in [0, 0.05) is 30.2 Å². The van der Waals surface area contributed by atoms with E-state index in [0.717, 1.165) is 33.2 Å². The second kappa shape index (κ2) is 9.42. The monoisotopic (exact) mass is 513 g/mol. The van der Waals surface area contributed by atoms with Crippen LogP contribution < -0.4 is 21.1 Å². The van der Waals surface area contributed by atoms with E-state index in [2.05, 4.69) is 25.9 Å². The summed E-state index contributed by atoms with van der Waals surface area (Å²) in [5.74, 6) is 0.179. The van der Waals surface area contributed by atoms with Gasteiger partial charge in [0.05, 0.1) is 12.1 Å². The van der Waals surface area contributed by atoms with Crippen molar-refractivity contribution in [3.8, 4) is 0 Å². The van der Waals surface area contributed by atoms with Crippen LogP contribution in [0.4, 0.5) is 28.8 Å². The first-order chi connectivity index (χ1) is 16.7. The van der Waals surface area contributed by atoms with Crippen LogP contribution in [0.3, 0.4) is 0 Å². The van der Waals surface area contributed by atoms with Gasteiger partial charge in [-0.15, -0.1) is 0 Å². The van der Waals surface area contributed by atoms with E-state index < -0.39 is 16.1 Å². The number of fused-ring (bicyclic) bond motifs is 6. The molecule has 3 aromatic rings. The molecular formula is C23H24ClN7O3S. The van der Waals surface area contributed by atoms with Gasteiger partial charge in [0.2, 0.25) is 11.9 Å². The Bertz CT molecular complexity index is 1400. The highest BCUT2D eigenvalue weighted by Gasteiger charge is 2.33. The second-order valence-corrected chi connectivity index (χ2v) is 10.5. The zero-order valence-corrected chi connectivity index (χ0v) is 20.2. The number of aryl methyl sites for hydroxylation is 2. The van der Waals surface area contributed by atoms with Crippen molar-refractivity contribution in [2.24, 2.45) is 11.1 Å². The molecule has 0 radical (unpaired) electrons. The van der Waals surface area contributed by atoms with Crippen molar-refractivity contribution in [3.63, 3.8) is 0 Å². The largest absolute Gasteiger partial charge is 0.339 e. The molecule has 35 heavy (non-hydrogen) atoms. The Hall–Kier alpha value is -3.25. The minimum absolute atomic E-state index is 0.0774. The summed E-state index contributed by atoms with van der Waals surface area (Å²) < 4.78 is 24.4. The third-order valence-electron chi connectivity index (χ3n) is 6.12. The van der Waals surface area contributed by atoms with Gasteiger partial charge in [0.15, 0.2) is 5.82 Å². The highest BCUT2D eigenvalue weighted by Crippen LogP contribution is 2.30. The molecule has 1 amide bonds. The van der Waals surface area contributed by atoms with Gasteiger partial charge < -0.3 is 16.0 Å². The molecule has 0 saturated carbocycles. The maximum Gasteiger partial charge on any atom is 0.276 e. The Morgan fingerprint density at radius 1 is 1.14 bits per heavy atom. The molecular weight excluding hydrogens is 490 g/mol. The fraction of sp³-hybridized carbons (Fsp3) is 0.261. The topological polar surface area (TPSA) is 142 Å². The Morgan fingerprint density at radius 2 is 1.97 bits per heavy atom. The van der Waals surface area contributed by atoms with Crippen molar-refractivity contribution >= 4 is 56.5 Å². The molecule has 1 fully saturated rings. The Morgan fingerprint density at radius 3 is 2.77 bits per heavy atom. The van der Waals surface area contributed by atoms with Gasteiger partial charge in [-0.2, -0.15) is 17.7 Å². The quantitative estimate of drug-likeness (QED) is 0.421. The number of benzene rings is 2. The van der Waals surface area contributed by atoms with Gasteiger partial charge in [-0.1, -0.05) is 23.7 Å². The summed E-state index contributed by atoms with van der Waals surface area (Å²) in [5.41, 5.74) is 4.33. The van der Waals surface area contributed by atoms with Crippen LogP contribution in [-0.2, 0) is 27.8 Å². The third-order valence-corrected chi connectivity index (χ3v) is 7.45. The third kappa shape index (κ3) is 5.38. The first kappa shape index (κ1) is 23.5. The minimum Gasteiger partial charge on any atom is -0.339 e. The number of halogens is 1. The molecule has 1 aromatic heterocycles. The van der Waals surface area contributed by atoms with E-state index in [-0.39, 0.29) is 19.0 Å². The number of rotatable bonds is 3. The van der Waals surface area contributed by atoms with Crippen LogP contribution in [0, 0.1) is 5.92 Å². The lowest BCUT2D eigenvalue weighted by Gasteiger charge is -2.17. The molecule has 2 aromatic carbocycles. The van der Waals surface area contributed by atoms with Crippen LogP contribution in [-0.4, -0.2) is 41.7 Å². The fourth-order valence-electron chi connectivity index (χ4n) is 4.27. The number of carbonyl (C=O) groups excluding carboxylic acids is 1. The molecule has 2 aliphatic heterocycles. The van der Waals surface area contributed by atoms with Crippen LogP contribution in [0.15, 0.2) is 48.7 Å². The number of carbonyl (C=O) groups is 1. The molecule has 1 saturated heterocycles. The molecule has 5 N–H and O–H groups in total. The second-order valence-electron chi connectivity index (χ2n) is 8.59. The Balaban J connectivity index is 1.44. The fourth-order valence-corrected chi connectivity index (χ4v) is 5.16. The van der Waals surface area contributed by atoms with E-state index in [4.69, 9.17) is 16.7 Å². The van der Waals surface area contributed by atoms with E-state index in [1.54, 1.807) is 0 Å². The number of nitrogens with zero attached hydrogens (tertiary/aromatic N) is 3. The Labute approximate surface area is 208 Å². The van der Waals surface area contributed by atoms with Crippen LogP contribution in [0.5, 0.6) is 0 Å². The SMILES string of the molecule is NS(=O)(=O)N1CC[C@@H](C(=O)Nc2ccc3cc2CCc2cccc(c2)Nc2ncc(Cl)c(n2)N3)C1. The van der Waals surface area contributed by atoms with Crippen LogP contribution in [0.25, 0.3) is 0 Å². The lowest BCUT2D eigenvalue weighted by Crippen LogP contribution is -2.36. The van der Waals surface area contributed by atoms with Gasteiger partial charge in [-0.05, 0) is 60.7 Å². The summed E-state index contributed by atoms with van der Waals surface area (Å²) in [6.45, 7) is 0.312. The smallest absolute Gasteiger partial charge is 0.276 e. The average molecular weight is 514 g/mol. The number of aromatic nitrogens is 2. The molecule has 6 bridgehead atoms. The first-order valence-corrected chi connectivity index (χ1v) is 13.0. The van der Waals surface area contributed by atoms with Crippen LogP contribution in [0.2, 0.25) is 5.02 Å². The minimum atomic E-state index is -3.81. The van der Waals surface area contributed by atoms with Crippen molar-refractivity contribution in [3.05, 3.63) is 64.8 Å². The van der Waals surface area contributed by atoms with Gasteiger partial charge in [0.1, 0.15) is 5.02 Å². The highest BCUT2D eigenvalue weighted by atomic mass is 35.5. The molecule has 0 spiro atoms. The van der Waals surface area contributed by atoms with E-state index in [1.165, 1.54) is 6.20 Å². The molecule has 182 valence electrons. The normalized spacial score (nSPS) is 17.8.